The van der Waals surface area contributed by atoms with E-state index in [0.29, 0.717) is 24.4 Å². The highest BCUT2D eigenvalue weighted by molar-refractivity contribution is 5.71. The van der Waals surface area contributed by atoms with Gasteiger partial charge in [0.25, 0.3) is 0 Å². The zero-order valence-corrected chi connectivity index (χ0v) is 20.0. The van der Waals surface area contributed by atoms with Gasteiger partial charge in [0.2, 0.25) is 0 Å². The second kappa shape index (κ2) is 13.2. The molecule has 32 heavy (non-hydrogen) atoms. The van der Waals surface area contributed by atoms with Crippen LogP contribution in [0.15, 0.2) is 48.5 Å². The quantitative estimate of drug-likeness (QED) is 0.427. The standard InChI is InChI=1S/C27H39N2O3/c1-6-7-16-28-27(31)32-26-14-13-22(19-30)18-25(26)24(23-11-9-8-10-12-23)15-17-29(20(2)3)21(4)5/h8-14,18,20-21,24,30H,1,6-7,15-17,19H2,2-5H3,(H,28,31). The summed E-state index contributed by atoms with van der Waals surface area (Å²) in [6, 6.07) is 16.7. The minimum atomic E-state index is -0.464. The molecule has 5 nitrogen and oxygen atoms in total. The molecule has 5 heteroatoms. The largest absolute Gasteiger partial charge is 0.412 e. The molecule has 2 aromatic rings. The SMILES string of the molecule is [CH2]CCCNC(=O)Oc1ccc(CO)cc1C(CCN(C(C)C)C(C)C)c1ccccc1. The van der Waals surface area contributed by atoms with E-state index in [-0.39, 0.29) is 12.5 Å². The Morgan fingerprint density at radius 1 is 1.09 bits per heavy atom. The Hall–Kier alpha value is -2.37. The highest BCUT2D eigenvalue weighted by Gasteiger charge is 2.23. The number of aliphatic hydroxyl groups is 1. The minimum absolute atomic E-state index is 0.0327. The number of carbonyl (C=O) groups excluding carboxylic acids is 1. The maximum atomic E-state index is 12.4. The van der Waals surface area contributed by atoms with Crippen LogP contribution in [0.3, 0.4) is 0 Å². The third-order valence-corrected chi connectivity index (χ3v) is 5.74. The summed E-state index contributed by atoms with van der Waals surface area (Å²) in [4.78, 5) is 14.9. The molecular formula is C27H39N2O3. The van der Waals surface area contributed by atoms with E-state index < -0.39 is 6.09 Å². The van der Waals surface area contributed by atoms with Gasteiger partial charge >= 0.3 is 6.09 Å². The summed E-state index contributed by atoms with van der Waals surface area (Å²) in [5, 5.41) is 12.5. The second-order valence-electron chi connectivity index (χ2n) is 8.73. The monoisotopic (exact) mass is 439 g/mol. The molecule has 2 aromatic carbocycles. The number of benzene rings is 2. The average molecular weight is 440 g/mol. The summed E-state index contributed by atoms with van der Waals surface area (Å²) in [7, 11) is 0. The molecule has 2 N–H and O–H groups in total. The fourth-order valence-corrected chi connectivity index (χ4v) is 4.09. The van der Waals surface area contributed by atoms with Crippen LogP contribution < -0.4 is 10.1 Å². The van der Waals surface area contributed by atoms with Crippen molar-refractivity contribution in [1.29, 1.82) is 0 Å². The lowest BCUT2D eigenvalue weighted by Crippen LogP contribution is -2.38. The molecule has 0 aliphatic carbocycles. The number of hydrogen-bond acceptors (Lipinski definition) is 4. The van der Waals surface area contributed by atoms with Gasteiger partial charge in [-0.05, 0) is 70.3 Å². The Morgan fingerprint density at radius 3 is 2.38 bits per heavy atom. The minimum Gasteiger partial charge on any atom is -0.410 e. The highest BCUT2D eigenvalue weighted by atomic mass is 16.6. The Kier molecular flexibility index (Phi) is 10.7. The van der Waals surface area contributed by atoms with Gasteiger partial charge < -0.3 is 15.2 Å². The fraction of sp³-hybridized carbons (Fsp3) is 0.481. The van der Waals surface area contributed by atoms with Crippen molar-refractivity contribution < 1.29 is 14.6 Å². The van der Waals surface area contributed by atoms with Crippen molar-refractivity contribution in [1.82, 2.24) is 10.2 Å². The van der Waals surface area contributed by atoms with Gasteiger partial charge in [-0.15, -0.1) is 0 Å². The van der Waals surface area contributed by atoms with Crippen molar-refractivity contribution in [2.45, 2.75) is 71.6 Å². The van der Waals surface area contributed by atoms with E-state index in [1.165, 1.54) is 0 Å². The first-order valence-electron chi connectivity index (χ1n) is 11.7. The first kappa shape index (κ1) is 25.9. The topological polar surface area (TPSA) is 61.8 Å². The molecule has 175 valence electrons. The fourth-order valence-electron chi connectivity index (χ4n) is 4.09. The molecule has 1 amide bonds. The van der Waals surface area contributed by atoms with Crippen LogP contribution in [0, 0.1) is 6.92 Å². The van der Waals surface area contributed by atoms with Crippen molar-refractivity contribution in [3.63, 3.8) is 0 Å². The van der Waals surface area contributed by atoms with Crippen LogP contribution in [0.5, 0.6) is 5.75 Å². The van der Waals surface area contributed by atoms with Crippen LogP contribution >= 0.6 is 0 Å². The Balaban J connectivity index is 2.39. The smallest absolute Gasteiger partial charge is 0.410 e. The van der Waals surface area contributed by atoms with Gasteiger partial charge in [0.1, 0.15) is 5.75 Å². The van der Waals surface area contributed by atoms with E-state index in [2.05, 4.69) is 57.0 Å². The molecule has 0 saturated carbocycles. The number of unbranched alkanes of at least 4 members (excludes halogenated alkanes) is 1. The molecule has 1 radical (unpaired) electrons. The molecule has 0 bridgehead atoms. The predicted molar refractivity (Wildman–Crippen MR) is 131 cm³/mol. The Labute approximate surface area is 193 Å². The van der Waals surface area contributed by atoms with Gasteiger partial charge in [0, 0.05) is 30.1 Å². The summed E-state index contributed by atoms with van der Waals surface area (Å²) in [6.45, 7) is 14.0. The molecule has 2 rings (SSSR count). The van der Waals surface area contributed by atoms with E-state index in [0.717, 1.165) is 42.5 Å². The molecule has 1 unspecified atom stereocenters. The highest BCUT2D eigenvalue weighted by Crippen LogP contribution is 2.36. The van der Waals surface area contributed by atoms with E-state index in [9.17, 15) is 9.90 Å². The summed E-state index contributed by atoms with van der Waals surface area (Å²) in [5.41, 5.74) is 2.88. The molecule has 0 aromatic heterocycles. The van der Waals surface area contributed by atoms with Gasteiger partial charge in [0.05, 0.1) is 6.61 Å². The number of carbonyl (C=O) groups is 1. The van der Waals surface area contributed by atoms with Gasteiger partial charge in [-0.2, -0.15) is 0 Å². The molecule has 0 spiro atoms. The number of hydrogen-bond donors (Lipinski definition) is 2. The molecule has 0 aliphatic heterocycles. The van der Waals surface area contributed by atoms with Crippen molar-refractivity contribution in [3.8, 4) is 5.75 Å². The number of rotatable bonds is 12. The molecule has 0 heterocycles. The normalized spacial score (nSPS) is 12.4. The molecule has 0 fully saturated rings. The third-order valence-electron chi connectivity index (χ3n) is 5.74. The number of amides is 1. The number of nitrogens with one attached hydrogen (secondary N) is 1. The van der Waals surface area contributed by atoms with Crippen LogP contribution in [0.25, 0.3) is 0 Å². The van der Waals surface area contributed by atoms with Gasteiger partial charge in [0.15, 0.2) is 0 Å². The second-order valence-corrected chi connectivity index (χ2v) is 8.73. The van der Waals surface area contributed by atoms with Gasteiger partial charge in [-0.25, -0.2) is 4.79 Å². The lowest BCUT2D eigenvalue weighted by molar-refractivity contribution is 0.170. The first-order valence-corrected chi connectivity index (χ1v) is 11.7. The first-order chi connectivity index (χ1) is 15.4. The van der Waals surface area contributed by atoms with Crippen molar-refractivity contribution in [3.05, 3.63) is 72.1 Å². The zero-order chi connectivity index (χ0) is 23.5. The van der Waals surface area contributed by atoms with E-state index in [1.807, 2.05) is 24.3 Å². The van der Waals surface area contributed by atoms with Crippen LogP contribution in [0.4, 0.5) is 4.79 Å². The summed E-state index contributed by atoms with van der Waals surface area (Å²) >= 11 is 0. The van der Waals surface area contributed by atoms with Crippen LogP contribution in [0.2, 0.25) is 0 Å². The van der Waals surface area contributed by atoms with E-state index in [1.54, 1.807) is 12.1 Å². The van der Waals surface area contributed by atoms with Gasteiger partial charge in [-0.3, -0.25) is 4.90 Å². The Bertz CT molecular complexity index is 813. The lowest BCUT2D eigenvalue weighted by atomic mass is 9.86. The van der Waals surface area contributed by atoms with Crippen molar-refractivity contribution in [2.24, 2.45) is 0 Å². The lowest BCUT2D eigenvalue weighted by Gasteiger charge is -2.32. The number of nitrogens with zero attached hydrogens (tertiary/aromatic N) is 1. The van der Waals surface area contributed by atoms with Gasteiger partial charge in [-0.1, -0.05) is 49.7 Å². The van der Waals surface area contributed by atoms with Crippen molar-refractivity contribution in [2.75, 3.05) is 13.1 Å². The Morgan fingerprint density at radius 2 is 1.78 bits per heavy atom. The third kappa shape index (κ3) is 7.64. The molecule has 0 aliphatic rings. The summed E-state index contributed by atoms with van der Waals surface area (Å²) in [6.07, 6.45) is 1.97. The van der Waals surface area contributed by atoms with E-state index >= 15 is 0 Å². The van der Waals surface area contributed by atoms with Crippen molar-refractivity contribution >= 4 is 6.09 Å². The zero-order valence-electron chi connectivity index (χ0n) is 20.0. The molecule has 0 saturated heterocycles. The van der Waals surface area contributed by atoms with Crippen LogP contribution in [-0.4, -0.2) is 41.3 Å². The summed E-state index contributed by atoms with van der Waals surface area (Å²) in [5.74, 6) is 0.564. The van der Waals surface area contributed by atoms with Crippen LogP contribution in [-0.2, 0) is 6.61 Å². The number of ether oxygens (including phenoxy) is 1. The summed E-state index contributed by atoms with van der Waals surface area (Å²) < 4.78 is 5.73. The maximum Gasteiger partial charge on any atom is 0.412 e. The average Bonchev–Trinajstić information content (AvgIpc) is 2.77. The maximum absolute atomic E-state index is 12.4. The molecule has 1 atom stereocenters. The van der Waals surface area contributed by atoms with E-state index in [4.69, 9.17) is 4.74 Å². The predicted octanol–water partition coefficient (Wildman–Crippen LogP) is 5.52. The van der Waals surface area contributed by atoms with Crippen LogP contribution in [0.1, 0.15) is 69.6 Å². The number of aliphatic hydroxyl groups excluding tert-OH is 1. The molecular weight excluding hydrogens is 400 g/mol.